The molecule has 6 nitrogen and oxygen atoms in total. The summed E-state index contributed by atoms with van der Waals surface area (Å²) in [6, 6.07) is -0.0694. The van der Waals surface area contributed by atoms with E-state index in [1.807, 2.05) is 18.7 Å². The Labute approximate surface area is 133 Å². The fraction of sp³-hybridized carbons (Fsp3) is 0.615. The van der Waals surface area contributed by atoms with Crippen LogP contribution >= 0.6 is 23.1 Å². The number of halogens is 1. The minimum Gasteiger partial charge on any atom is -0.271 e. The van der Waals surface area contributed by atoms with Crippen molar-refractivity contribution in [2.24, 2.45) is 12.9 Å². The molecule has 2 heterocycles. The Kier molecular flexibility index (Phi) is 5.32. The molecule has 0 aliphatic rings. The topological polar surface area (TPSA) is 81.7 Å². The van der Waals surface area contributed by atoms with Crippen LogP contribution in [0.5, 0.6) is 0 Å². The van der Waals surface area contributed by atoms with E-state index in [9.17, 15) is 0 Å². The molecule has 2 aromatic rings. The molecular formula is C13H21ClN6S. The number of hydrogen-bond acceptors (Lipinski definition) is 6. The molecular weight excluding hydrogens is 308 g/mol. The van der Waals surface area contributed by atoms with Crippen molar-refractivity contribution in [3.05, 3.63) is 27.0 Å². The predicted octanol–water partition coefficient (Wildman–Crippen LogP) is 2.36. The Morgan fingerprint density at radius 1 is 1.43 bits per heavy atom. The van der Waals surface area contributed by atoms with Crippen molar-refractivity contribution < 1.29 is 0 Å². The second-order valence-electron chi connectivity index (χ2n) is 5.29. The van der Waals surface area contributed by atoms with E-state index in [4.69, 9.17) is 17.4 Å². The summed E-state index contributed by atoms with van der Waals surface area (Å²) in [5.41, 5.74) is 5.73. The molecule has 1 atom stereocenters. The highest BCUT2D eigenvalue weighted by Crippen LogP contribution is 2.30. The third-order valence-corrected chi connectivity index (χ3v) is 4.80. The van der Waals surface area contributed by atoms with Gasteiger partial charge in [0.15, 0.2) is 0 Å². The summed E-state index contributed by atoms with van der Waals surface area (Å²) < 4.78 is 5.89. The molecule has 0 aromatic carbocycles. The molecule has 0 saturated carbocycles. The minimum absolute atomic E-state index is 0.0694. The van der Waals surface area contributed by atoms with Crippen LogP contribution in [0.1, 0.15) is 54.7 Å². The van der Waals surface area contributed by atoms with Gasteiger partial charge in [0.2, 0.25) is 0 Å². The summed E-state index contributed by atoms with van der Waals surface area (Å²) in [6.07, 6.45) is 1.47. The van der Waals surface area contributed by atoms with Crippen LogP contribution in [0.3, 0.4) is 0 Å². The van der Waals surface area contributed by atoms with Gasteiger partial charge in [-0.2, -0.15) is 5.10 Å². The summed E-state index contributed by atoms with van der Waals surface area (Å²) in [5, 5.41) is 9.38. The van der Waals surface area contributed by atoms with E-state index in [-0.39, 0.29) is 6.04 Å². The molecule has 3 N–H and O–H groups in total. The van der Waals surface area contributed by atoms with Gasteiger partial charge in [-0.05, 0) is 23.9 Å². The molecule has 8 heteroatoms. The number of nitrogens with one attached hydrogen (secondary N) is 1. The number of aryl methyl sites for hydroxylation is 2. The van der Waals surface area contributed by atoms with Gasteiger partial charge in [0.25, 0.3) is 0 Å². The molecule has 2 aromatic heterocycles. The first kappa shape index (κ1) is 16.4. The van der Waals surface area contributed by atoms with Crippen molar-refractivity contribution in [3.8, 4) is 0 Å². The Hall–Kier alpha value is -1.02. The first-order valence-electron chi connectivity index (χ1n) is 6.98. The highest BCUT2D eigenvalue weighted by atomic mass is 35.5. The monoisotopic (exact) mass is 328 g/mol. The van der Waals surface area contributed by atoms with Gasteiger partial charge in [0, 0.05) is 13.5 Å². The van der Waals surface area contributed by atoms with Crippen molar-refractivity contribution in [2.45, 2.75) is 45.6 Å². The molecule has 116 valence electrons. The summed E-state index contributed by atoms with van der Waals surface area (Å²) >= 11 is 7.79. The third-order valence-electron chi connectivity index (χ3n) is 3.51. The molecule has 0 amide bonds. The SMILES string of the molecule is CCc1nn(C)c(CC(NN)c2snnc2C(C)C)c1Cl. The van der Waals surface area contributed by atoms with Crippen LogP contribution in [0.25, 0.3) is 0 Å². The van der Waals surface area contributed by atoms with E-state index in [2.05, 4.69) is 34.0 Å². The second-order valence-corrected chi connectivity index (χ2v) is 6.45. The lowest BCUT2D eigenvalue weighted by atomic mass is 10.0. The largest absolute Gasteiger partial charge is 0.271 e. The number of rotatable bonds is 6. The summed E-state index contributed by atoms with van der Waals surface area (Å²) in [5.74, 6) is 6.06. The zero-order chi connectivity index (χ0) is 15.6. The van der Waals surface area contributed by atoms with Gasteiger partial charge in [-0.3, -0.25) is 16.0 Å². The lowest BCUT2D eigenvalue weighted by molar-refractivity contribution is 0.530. The quantitative estimate of drug-likeness (QED) is 0.628. The van der Waals surface area contributed by atoms with Crippen LogP contribution < -0.4 is 11.3 Å². The standard InChI is InChI=1S/C13H21ClN6S/c1-5-8-11(14)10(20(4)18-8)6-9(16-15)13-12(7(2)3)17-19-21-13/h7,9,16H,5-6,15H2,1-4H3. The molecule has 1 unspecified atom stereocenters. The van der Waals surface area contributed by atoms with Crippen LogP contribution in [-0.2, 0) is 19.9 Å². The molecule has 0 aliphatic carbocycles. The van der Waals surface area contributed by atoms with Gasteiger partial charge < -0.3 is 0 Å². The van der Waals surface area contributed by atoms with Gasteiger partial charge in [0.05, 0.1) is 33.0 Å². The minimum atomic E-state index is -0.0694. The first-order chi connectivity index (χ1) is 9.99. The third kappa shape index (κ3) is 3.26. The summed E-state index contributed by atoms with van der Waals surface area (Å²) in [4.78, 5) is 1.06. The number of hydrazine groups is 1. The zero-order valence-corrected chi connectivity index (χ0v) is 14.3. The lowest BCUT2D eigenvalue weighted by Crippen LogP contribution is -2.30. The maximum atomic E-state index is 6.41. The molecule has 0 bridgehead atoms. The highest BCUT2D eigenvalue weighted by molar-refractivity contribution is 7.05. The fourth-order valence-electron chi connectivity index (χ4n) is 2.31. The van der Waals surface area contributed by atoms with Crippen LogP contribution in [0.4, 0.5) is 0 Å². The molecule has 0 radical (unpaired) electrons. The number of nitrogens with zero attached hydrogens (tertiary/aromatic N) is 4. The predicted molar refractivity (Wildman–Crippen MR) is 85.4 cm³/mol. The second kappa shape index (κ2) is 6.83. The van der Waals surface area contributed by atoms with E-state index in [0.29, 0.717) is 12.3 Å². The smallest absolute Gasteiger partial charge is 0.0850 e. The molecule has 0 spiro atoms. The van der Waals surface area contributed by atoms with Gasteiger partial charge in [0.1, 0.15) is 0 Å². The van der Waals surface area contributed by atoms with Crippen molar-refractivity contribution >= 4 is 23.1 Å². The average Bonchev–Trinajstić information content (AvgIpc) is 3.03. The first-order valence-corrected chi connectivity index (χ1v) is 8.13. The molecule has 21 heavy (non-hydrogen) atoms. The van der Waals surface area contributed by atoms with Gasteiger partial charge in [-0.25, -0.2) is 0 Å². The van der Waals surface area contributed by atoms with E-state index < -0.39 is 0 Å². The highest BCUT2D eigenvalue weighted by Gasteiger charge is 2.24. The van der Waals surface area contributed by atoms with E-state index in [0.717, 1.165) is 33.4 Å². The molecule has 0 fully saturated rings. The Morgan fingerprint density at radius 2 is 2.14 bits per heavy atom. The normalized spacial score (nSPS) is 13.1. The van der Waals surface area contributed by atoms with Gasteiger partial charge in [-0.15, -0.1) is 5.10 Å². The van der Waals surface area contributed by atoms with E-state index in [1.165, 1.54) is 11.5 Å². The average molecular weight is 329 g/mol. The molecule has 0 saturated heterocycles. The number of hydrogen-bond donors (Lipinski definition) is 2. The fourth-order valence-corrected chi connectivity index (χ4v) is 3.55. The zero-order valence-electron chi connectivity index (χ0n) is 12.7. The Morgan fingerprint density at radius 3 is 2.67 bits per heavy atom. The van der Waals surface area contributed by atoms with Crippen LogP contribution in [0.2, 0.25) is 5.02 Å². The van der Waals surface area contributed by atoms with Crippen molar-refractivity contribution in [1.29, 1.82) is 0 Å². The van der Waals surface area contributed by atoms with Crippen molar-refractivity contribution in [3.63, 3.8) is 0 Å². The maximum Gasteiger partial charge on any atom is 0.0850 e. The van der Waals surface area contributed by atoms with Crippen LogP contribution in [0, 0.1) is 0 Å². The van der Waals surface area contributed by atoms with Crippen molar-refractivity contribution in [1.82, 2.24) is 24.8 Å². The number of aromatic nitrogens is 4. The van der Waals surface area contributed by atoms with Gasteiger partial charge >= 0.3 is 0 Å². The lowest BCUT2D eigenvalue weighted by Gasteiger charge is -2.16. The molecule has 0 aliphatic heterocycles. The Bertz CT molecular complexity index is 606. The summed E-state index contributed by atoms with van der Waals surface area (Å²) in [7, 11) is 1.90. The number of nitrogens with two attached hydrogens (primary N) is 1. The van der Waals surface area contributed by atoms with E-state index >= 15 is 0 Å². The van der Waals surface area contributed by atoms with Crippen molar-refractivity contribution in [2.75, 3.05) is 0 Å². The van der Waals surface area contributed by atoms with E-state index in [1.54, 1.807) is 0 Å². The van der Waals surface area contributed by atoms with Gasteiger partial charge in [-0.1, -0.05) is 36.9 Å². The molecule has 2 rings (SSSR count). The van der Waals surface area contributed by atoms with Crippen LogP contribution in [0.15, 0.2) is 0 Å². The van der Waals surface area contributed by atoms with Crippen LogP contribution in [-0.4, -0.2) is 19.4 Å². The summed E-state index contributed by atoms with van der Waals surface area (Å²) in [6.45, 7) is 6.24. The maximum absolute atomic E-state index is 6.41. The Balaban J connectivity index is 2.31.